The summed E-state index contributed by atoms with van der Waals surface area (Å²) in [5.74, 6) is -0.326. The van der Waals surface area contributed by atoms with Gasteiger partial charge in [0.25, 0.3) is 0 Å². The summed E-state index contributed by atoms with van der Waals surface area (Å²) in [5.41, 5.74) is 10.3. The van der Waals surface area contributed by atoms with Gasteiger partial charge in [-0.25, -0.2) is 4.79 Å². The van der Waals surface area contributed by atoms with Crippen LogP contribution in [0.5, 0.6) is 0 Å². The number of amides is 1. The average Bonchev–Trinajstić information content (AvgIpc) is 3.11. The second-order valence-corrected chi connectivity index (χ2v) is 9.23. The molecule has 0 saturated carbocycles. The fourth-order valence-electron chi connectivity index (χ4n) is 5.90. The van der Waals surface area contributed by atoms with Gasteiger partial charge in [-0.2, -0.15) is 0 Å². The minimum Gasteiger partial charge on any atom is -0.465 e. The molecule has 6 heteroatoms. The molecule has 2 aromatic rings. The fourth-order valence-corrected chi connectivity index (χ4v) is 5.90. The first-order valence-electron chi connectivity index (χ1n) is 11.6. The van der Waals surface area contributed by atoms with Gasteiger partial charge in [-0.3, -0.25) is 4.79 Å². The molecule has 1 aliphatic carbocycles. The minimum absolute atomic E-state index is 0.0316. The molecule has 3 aliphatic rings. The molecule has 2 bridgehead atoms. The highest BCUT2D eigenvalue weighted by Gasteiger charge is 2.51. The summed E-state index contributed by atoms with van der Waals surface area (Å²) in [7, 11) is 0. The number of rotatable bonds is 4. The van der Waals surface area contributed by atoms with Gasteiger partial charge in [-0.05, 0) is 61.3 Å². The van der Waals surface area contributed by atoms with Gasteiger partial charge < -0.3 is 20.1 Å². The van der Waals surface area contributed by atoms with Crippen LogP contribution in [0.2, 0.25) is 0 Å². The van der Waals surface area contributed by atoms with Crippen LogP contribution in [0, 0.1) is 0 Å². The number of carbonyl (C=O) groups is 2. The monoisotopic (exact) mass is 434 g/mol. The van der Waals surface area contributed by atoms with E-state index in [2.05, 4.69) is 24.3 Å². The van der Waals surface area contributed by atoms with Crippen LogP contribution in [0.4, 0.5) is 4.79 Å². The molecule has 5 rings (SSSR count). The molecular weight excluding hydrogens is 404 g/mol. The molecule has 2 N–H and O–H groups in total. The largest absolute Gasteiger partial charge is 0.465 e. The molecule has 168 valence electrons. The molecule has 2 aliphatic heterocycles. The SMILES string of the molecule is CCOC(=O)C1(N)CC2CCCC(C1)N2C(=O)OCC1c2ccccc2-c2ccccc21. The van der Waals surface area contributed by atoms with Crippen LogP contribution in [0.3, 0.4) is 0 Å². The molecule has 0 aromatic heterocycles. The Balaban J connectivity index is 1.32. The summed E-state index contributed by atoms with van der Waals surface area (Å²) < 4.78 is 11.1. The van der Waals surface area contributed by atoms with Crippen LogP contribution in [0.1, 0.15) is 56.1 Å². The zero-order valence-electron chi connectivity index (χ0n) is 18.5. The molecular formula is C26H30N2O4. The topological polar surface area (TPSA) is 81.9 Å². The number of benzene rings is 2. The average molecular weight is 435 g/mol. The van der Waals surface area contributed by atoms with Gasteiger partial charge in [-0.1, -0.05) is 48.5 Å². The summed E-state index contributed by atoms with van der Waals surface area (Å²) in [6.45, 7) is 2.39. The van der Waals surface area contributed by atoms with Crippen LogP contribution in [-0.2, 0) is 14.3 Å². The van der Waals surface area contributed by atoms with Crippen LogP contribution in [0.25, 0.3) is 11.1 Å². The third kappa shape index (κ3) is 3.47. The zero-order chi connectivity index (χ0) is 22.3. The van der Waals surface area contributed by atoms with E-state index >= 15 is 0 Å². The lowest BCUT2D eigenvalue weighted by Crippen LogP contribution is -2.65. The van der Waals surface area contributed by atoms with Crippen molar-refractivity contribution in [2.24, 2.45) is 5.73 Å². The Kier molecular flexibility index (Phi) is 5.41. The Labute approximate surface area is 188 Å². The van der Waals surface area contributed by atoms with E-state index in [0.717, 1.165) is 19.3 Å². The minimum atomic E-state index is -1.02. The van der Waals surface area contributed by atoms with E-state index in [-0.39, 0.29) is 30.1 Å². The second kappa shape index (κ2) is 8.24. The maximum Gasteiger partial charge on any atom is 0.410 e. The molecule has 6 nitrogen and oxygen atoms in total. The van der Waals surface area contributed by atoms with Gasteiger partial charge in [0.1, 0.15) is 12.1 Å². The van der Waals surface area contributed by atoms with E-state index in [0.29, 0.717) is 26.1 Å². The Hall–Kier alpha value is -2.86. The lowest BCUT2D eigenvalue weighted by atomic mass is 9.74. The first kappa shape index (κ1) is 21.0. The predicted molar refractivity (Wildman–Crippen MR) is 121 cm³/mol. The van der Waals surface area contributed by atoms with Gasteiger partial charge in [-0.15, -0.1) is 0 Å². The molecule has 0 radical (unpaired) electrons. The number of piperidine rings is 2. The molecule has 1 amide bonds. The lowest BCUT2D eigenvalue weighted by molar-refractivity contribution is -0.154. The van der Waals surface area contributed by atoms with Crippen molar-refractivity contribution in [1.82, 2.24) is 4.90 Å². The summed E-state index contributed by atoms with van der Waals surface area (Å²) in [4.78, 5) is 27.6. The Bertz CT molecular complexity index is 976. The van der Waals surface area contributed by atoms with Crippen molar-refractivity contribution in [3.63, 3.8) is 0 Å². The van der Waals surface area contributed by atoms with Crippen molar-refractivity contribution in [2.75, 3.05) is 13.2 Å². The number of hydrogen-bond donors (Lipinski definition) is 1. The molecule has 0 spiro atoms. The summed E-state index contributed by atoms with van der Waals surface area (Å²) in [5, 5.41) is 0. The van der Waals surface area contributed by atoms with Gasteiger partial charge in [0.15, 0.2) is 0 Å². The Morgan fingerprint density at radius 2 is 1.53 bits per heavy atom. The van der Waals surface area contributed by atoms with Crippen LogP contribution < -0.4 is 5.73 Å². The highest BCUT2D eigenvalue weighted by molar-refractivity contribution is 5.82. The van der Waals surface area contributed by atoms with E-state index in [1.54, 1.807) is 6.92 Å². The maximum atomic E-state index is 13.2. The first-order chi connectivity index (χ1) is 15.5. The molecule has 2 atom stereocenters. The standard InChI is InChI=1S/C26H30N2O4/c1-2-31-24(29)26(27)14-17-8-7-9-18(15-26)28(17)25(30)32-16-23-21-12-5-3-10-19(21)20-11-4-6-13-22(20)23/h3-6,10-13,17-18,23H,2,7-9,14-16,27H2,1H3. The van der Waals surface area contributed by atoms with E-state index in [9.17, 15) is 9.59 Å². The van der Waals surface area contributed by atoms with Gasteiger partial charge in [0, 0.05) is 18.0 Å². The summed E-state index contributed by atoms with van der Waals surface area (Å²) >= 11 is 0. The summed E-state index contributed by atoms with van der Waals surface area (Å²) in [6, 6.07) is 16.5. The first-order valence-corrected chi connectivity index (χ1v) is 11.6. The number of hydrogen-bond acceptors (Lipinski definition) is 5. The number of nitrogens with zero attached hydrogens (tertiary/aromatic N) is 1. The van der Waals surface area contributed by atoms with Crippen LogP contribution in [0.15, 0.2) is 48.5 Å². The number of nitrogens with two attached hydrogens (primary N) is 1. The molecule has 2 fully saturated rings. The van der Waals surface area contributed by atoms with Crippen molar-refractivity contribution < 1.29 is 19.1 Å². The van der Waals surface area contributed by atoms with Crippen molar-refractivity contribution >= 4 is 12.1 Å². The number of fused-ring (bicyclic) bond motifs is 5. The van der Waals surface area contributed by atoms with Gasteiger partial charge >= 0.3 is 12.1 Å². The summed E-state index contributed by atoms with van der Waals surface area (Å²) in [6.07, 6.45) is 3.24. The molecule has 2 unspecified atom stereocenters. The van der Waals surface area contributed by atoms with Crippen molar-refractivity contribution in [3.05, 3.63) is 59.7 Å². The number of esters is 1. The molecule has 2 heterocycles. The zero-order valence-corrected chi connectivity index (χ0v) is 18.5. The Morgan fingerprint density at radius 3 is 2.09 bits per heavy atom. The van der Waals surface area contributed by atoms with E-state index in [1.807, 2.05) is 29.2 Å². The van der Waals surface area contributed by atoms with E-state index in [4.69, 9.17) is 15.2 Å². The van der Waals surface area contributed by atoms with Crippen LogP contribution in [-0.4, -0.2) is 47.8 Å². The van der Waals surface area contributed by atoms with Crippen molar-refractivity contribution in [1.29, 1.82) is 0 Å². The predicted octanol–water partition coefficient (Wildman–Crippen LogP) is 4.21. The van der Waals surface area contributed by atoms with Gasteiger partial charge in [0.05, 0.1) is 6.61 Å². The third-order valence-corrected chi connectivity index (χ3v) is 7.29. The smallest absolute Gasteiger partial charge is 0.410 e. The maximum absolute atomic E-state index is 13.2. The molecule has 32 heavy (non-hydrogen) atoms. The highest BCUT2D eigenvalue weighted by atomic mass is 16.6. The van der Waals surface area contributed by atoms with E-state index in [1.165, 1.54) is 22.3 Å². The number of carbonyl (C=O) groups excluding carboxylic acids is 2. The van der Waals surface area contributed by atoms with Gasteiger partial charge in [0.2, 0.25) is 0 Å². The van der Waals surface area contributed by atoms with Crippen LogP contribution >= 0.6 is 0 Å². The fraction of sp³-hybridized carbons (Fsp3) is 0.462. The Morgan fingerprint density at radius 1 is 0.969 bits per heavy atom. The van der Waals surface area contributed by atoms with E-state index < -0.39 is 5.54 Å². The molecule has 2 aromatic carbocycles. The second-order valence-electron chi connectivity index (χ2n) is 9.23. The van der Waals surface area contributed by atoms with Crippen molar-refractivity contribution in [3.8, 4) is 11.1 Å². The quantitative estimate of drug-likeness (QED) is 0.729. The third-order valence-electron chi connectivity index (χ3n) is 7.29. The lowest BCUT2D eigenvalue weighted by Gasteiger charge is -2.50. The number of ether oxygens (including phenoxy) is 2. The van der Waals surface area contributed by atoms with Crippen molar-refractivity contribution in [2.45, 2.75) is 62.6 Å². The highest BCUT2D eigenvalue weighted by Crippen LogP contribution is 2.45. The molecule has 2 saturated heterocycles. The normalized spacial score (nSPS) is 26.2.